The summed E-state index contributed by atoms with van der Waals surface area (Å²) < 4.78 is 0. The fourth-order valence-electron chi connectivity index (χ4n) is 3.54. The van der Waals surface area contributed by atoms with E-state index in [1.807, 2.05) is 26.0 Å². The summed E-state index contributed by atoms with van der Waals surface area (Å²) in [6.45, 7) is 8.50. The van der Waals surface area contributed by atoms with Crippen molar-refractivity contribution in [3.05, 3.63) is 76.9 Å². The van der Waals surface area contributed by atoms with Gasteiger partial charge in [-0.05, 0) is 55.2 Å². The fraction of sp³-hybridized carbons (Fsp3) is 0.261. The maximum Gasteiger partial charge on any atom is 0.238 e. The van der Waals surface area contributed by atoms with E-state index in [0.29, 0.717) is 0 Å². The number of nitrogens with one attached hydrogen (secondary N) is 2. The van der Waals surface area contributed by atoms with Gasteiger partial charge in [0.25, 0.3) is 0 Å². The number of anilines is 1. The van der Waals surface area contributed by atoms with E-state index < -0.39 is 0 Å². The molecule has 0 radical (unpaired) electrons. The normalized spacial score (nSPS) is 12.2. The van der Waals surface area contributed by atoms with Gasteiger partial charge in [-0.1, -0.05) is 60.2 Å². The number of hydrogen-bond acceptors (Lipinski definition) is 2. The minimum Gasteiger partial charge on any atom is -0.324 e. The standard InChI is InChI=1S/C23H26N2O/c1-15-12-16(2)23(17(3)13-15)25-22(26)14-24-18(4)20-11-7-9-19-8-5-6-10-21(19)20/h5-13,18,24H,14H2,1-4H3,(H,25,26)/t18-/m0/s1. The molecule has 0 aromatic heterocycles. The summed E-state index contributed by atoms with van der Waals surface area (Å²) in [5.41, 5.74) is 5.52. The van der Waals surface area contributed by atoms with E-state index in [9.17, 15) is 4.79 Å². The van der Waals surface area contributed by atoms with Crippen molar-refractivity contribution in [2.75, 3.05) is 11.9 Å². The van der Waals surface area contributed by atoms with E-state index in [1.54, 1.807) is 0 Å². The van der Waals surface area contributed by atoms with Gasteiger partial charge in [-0.2, -0.15) is 0 Å². The average Bonchev–Trinajstić information content (AvgIpc) is 2.62. The molecule has 0 unspecified atom stereocenters. The number of aryl methyl sites for hydroxylation is 3. The summed E-state index contributed by atoms with van der Waals surface area (Å²) in [7, 11) is 0. The molecule has 0 spiro atoms. The molecule has 1 atom stereocenters. The number of carbonyl (C=O) groups is 1. The molecule has 2 N–H and O–H groups in total. The van der Waals surface area contributed by atoms with Crippen molar-refractivity contribution < 1.29 is 4.79 Å². The van der Waals surface area contributed by atoms with Gasteiger partial charge in [0, 0.05) is 11.7 Å². The third-order valence-corrected chi connectivity index (χ3v) is 4.80. The molecule has 1 amide bonds. The molecule has 134 valence electrons. The molecule has 0 saturated heterocycles. The largest absolute Gasteiger partial charge is 0.324 e. The van der Waals surface area contributed by atoms with Gasteiger partial charge in [-0.15, -0.1) is 0 Å². The SMILES string of the molecule is Cc1cc(C)c(NC(=O)CN[C@@H](C)c2cccc3ccccc23)c(C)c1. The highest BCUT2D eigenvalue weighted by Gasteiger charge is 2.12. The van der Waals surface area contributed by atoms with Crippen molar-refractivity contribution in [1.82, 2.24) is 5.32 Å². The van der Waals surface area contributed by atoms with Gasteiger partial charge in [-0.25, -0.2) is 0 Å². The first-order chi connectivity index (χ1) is 12.5. The van der Waals surface area contributed by atoms with Crippen LogP contribution in [0.25, 0.3) is 10.8 Å². The van der Waals surface area contributed by atoms with Crippen LogP contribution in [0.2, 0.25) is 0 Å². The summed E-state index contributed by atoms with van der Waals surface area (Å²) >= 11 is 0. The zero-order chi connectivity index (χ0) is 18.7. The Kier molecular flexibility index (Phi) is 5.38. The predicted molar refractivity (Wildman–Crippen MR) is 110 cm³/mol. The Morgan fingerprint density at radius 1 is 0.962 bits per heavy atom. The second kappa shape index (κ2) is 7.71. The number of benzene rings is 3. The molecule has 3 aromatic carbocycles. The van der Waals surface area contributed by atoms with Gasteiger partial charge in [0.15, 0.2) is 0 Å². The Labute approximate surface area is 155 Å². The van der Waals surface area contributed by atoms with Crippen LogP contribution < -0.4 is 10.6 Å². The Bertz CT molecular complexity index is 918. The summed E-state index contributed by atoms with van der Waals surface area (Å²) in [6.07, 6.45) is 0. The first kappa shape index (κ1) is 18.2. The first-order valence-electron chi connectivity index (χ1n) is 9.04. The summed E-state index contributed by atoms with van der Waals surface area (Å²) in [4.78, 5) is 12.4. The lowest BCUT2D eigenvalue weighted by Crippen LogP contribution is -2.30. The van der Waals surface area contributed by atoms with E-state index in [4.69, 9.17) is 0 Å². The number of fused-ring (bicyclic) bond motifs is 1. The average molecular weight is 346 g/mol. The molecule has 3 rings (SSSR count). The molecule has 0 saturated carbocycles. The van der Waals surface area contributed by atoms with Crippen molar-refractivity contribution in [3.8, 4) is 0 Å². The maximum atomic E-state index is 12.4. The van der Waals surface area contributed by atoms with E-state index >= 15 is 0 Å². The lowest BCUT2D eigenvalue weighted by Gasteiger charge is -2.17. The first-order valence-corrected chi connectivity index (χ1v) is 9.04. The van der Waals surface area contributed by atoms with E-state index in [1.165, 1.54) is 21.9 Å². The Hall–Kier alpha value is -2.65. The summed E-state index contributed by atoms with van der Waals surface area (Å²) in [5, 5.41) is 8.84. The van der Waals surface area contributed by atoms with Crippen LogP contribution in [0.5, 0.6) is 0 Å². The maximum absolute atomic E-state index is 12.4. The smallest absolute Gasteiger partial charge is 0.238 e. The number of carbonyl (C=O) groups excluding carboxylic acids is 1. The highest BCUT2D eigenvalue weighted by molar-refractivity contribution is 5.94. The molecule has 0 aliphatic rings. The second-order valence-corrected chi connectivity index (χ2v) is 6.99. The van der Waals surface area contributed by atoms with Crippen molar-refractivity contribution in [2.24, 2.45) is 0 Å². The molecule has 0 heterocycles. The van der Waals surface area contributed by atoms with Gasteiger partial charge < -0.3 is 10.6 Å². The van der Waals surface area contributed by atoms with Gasteiger partial charge >= 0.3 is 0 Å². The second-order valence-electron chi connectivity index (χ2n) is 6.99. The van der Waals surface area contributed by atoms with Crippen LogP contribution in [0.4, 0.5) is 5.69 Å². The minimum atomic E-state index is -0.0212. The Balaban J connectivity index is 1.68. The third-order valence-electron chi connectivity index (χ3n) is 4.80. The highest BCUT2D eigenvalue weighted by atomic mass is 16.1. The summed E-state index contributed by atoms with van der Waals surface area (Å²) in [5.74, 6) is -0.0212. The zero-order valence-corrected chi connectivity index (χ0v) is 15.9. The van der Waals surface area contributed by atoms with Gasteiger partial charge in [0.1, 0.15) is 0 Å². The lowest BCUT2D eigenvalue weighted by molar-refractivity contribution is -0.115. The van der Waals surface area contributed by atoms with Gasteiger partial charge in [0.2, 0.25) is 5.91 Å². The molecule has 0 aliphatic carbocycles. The Morgan fingerprint density at radius 3 is 2.35 bits per heavy atom. The van der Waals surface area contributed by atoms with Crippen LogP contribution in [0.3, 0.4) is 0 Å². The van der Waals surface area contributed by atoms with Gasteiger partial charge in [0.05, 0.1) is 6.54 Å². The van der Waals surface area contributed by atoms with Crippen LogP contribution >= 0.6 is 0 Å². The number of amides is 1. The fourth-order valence-corrected chi connectivity index (χ4v) is 3.54. The highest BCUT2D eigenvalue weighted by Crippen LogP contribution is 2.24. The van der Waals surface area contributed by atoms with Gasteiger partial charge in [-0.3, -0.25) is 4.79 Å². The van der Waals surface area contributed by atoms with Crippen molar-refractivity contribution in [1.29, 1.82) is 0 Å². The van der Waals surface area contributed by atoms with Crippen LogP contribution in [-0.2, 0) is 4.79 Å². The Morgan fingerprint density at radius 2 is 1.62 bits per heavy atom. The zero-order valence-electron chi connectivity index (χ0n) is 15.9. The van der Waals surface area contributed by atoms with Crippen molar-refractivity contribution in [2.45, 2.75) is 33.7 Å². The van der Waals surface area contributed by atoms with E-state index in [2.05, 4.69) is 66.9 Å². The molecule has 0 aliphatic heterocycles. The summed E-state index contributed by atoms with van der Waals surface area (Å²) in [6, 6.07) is 18.9. The quantitative estimate of drug-likeness (QED) is 0.678. The third kappa shape index (κ3) is 3.94. The van der Waals surface area contributed by atoms with Crippen LogP contribution in [-0.4, -0.2) is 12.5 Å². The molecule has 3 aromatic rings. The molecule has 0 fully saturated rings. The van der Waals surface area contributed by atoms with Crippen LogP contribution in [0.1, 0.15) is 35.2 Å². The van der Waals surface area contributed by atoms with Crippen molar-refractivity contribution in [3.63, 3.8) is 0 Å². The molecular formula is C23H26N2O. The topological polar surface area (TPSA) is 41.1 Å². The molecule has 3 heteroatoms. The number of rotatable bonds is 5. The monoisotopic (exact) mass is 346 g/mol. The van der Waals surface area contributed by atoms with Crippen LogP contribution in [0, 0.1) is 20.8 Å². The predicted octanol–water partition coefficient (Wildman–Crippen LogP) is 5.05. The molecular weight excluding hydrogens is 320 g/mol. The van der Waals surface area contributed by atoms with Crippen LogP contribution in [0.15, 0.2) is 54.6 Å². The molecule has 26 heavy (non-hydrogen) atoms. The molecule has 3 nitrogen and oxygen atoms in total. The van der Waals surface area contributed by atoms with E-state index in [0.717, 1.165) is 16.8 Å². The lowest BCUT2D eigenvalue weighted by atomic mass is 10.00. The minimum absolute atomic E-state index is 0.0212. The molecule has 0 bridgehead atoms. The van der Waals surface area contributed by atoms with E-state index in [-0.39, 0.29) is 18.5 Å². The van der Waals surface area contributed by atoms with Crippen molar-refractivity contribution >= 4 is 22.4 Å². The number of hydrogen-bond donors (Lipinski definition) is 2.